The van der Waals surface area contributed by atoms with Crippen molar-refractivity contribution in [2.75, 3.05) is 5.73 Å². The van der Waals surface area contributed by atoms with Crippen molar-refractivity contribution < 1.29 is 9.18 Å². The zero-order chi connectivity index (χ0) is 18.3. The molecule has 26 heavy (non-hydrogen) atoms. The van der Waals surface area contributed by atoms with Gasteiger partial charge in [0, 0.05) is 34.4 Å². The Morgan fingerprint density at radius 3 is 2.69 bits per heavy atom. The SMILES string of the molecule is Cc1ccc(-c2c(F)ccc3c(N)c(C(=O)NC4CCC4)nnc23)cn1. The first-order valence-electron chi connectivity index (χ1n) is 8.53. The van der Waals surface area contributed by atoms with E-state index in [9.17, 15) is 9.18 Å². The number of rotatable bonds is 3. The number of amides is 1. The van der Waals surface area contributed by atoms with Crippen molar-refractivity contribution in [3.05, 3.63) is 47.7 Å². The van der Waals surface area contributed by atoms with Crippen LogP contribution in [0.2, 0.25) is 0 Å². The van der Waals surface area contributed by atoms with Gasteiger partial charge in [0.1, 0.15) is 11.3 Å². The minimum Gasteiger partial charge on any atom is -0.396 e. The molecule has 0 atom stereocenters. The second kappa shape index (κ2) is 6.33. The van der Waals surface area contributed by atoms with E-state index in [2.05, 4.69) is 20.5 Å². The van der Waals surface area contributed by atoms with Crippen LogP contribution < -0.4 is 11.1 Å². The van der Waals surface area contributed by atoms with E-state index in [0.717, 1.165) is 25.0 Å². The number of pyridine rings is 1. The Morgan fingerprint density at radius 2 is 2.04 bits per heavy atom. The molecule has 0 aliphatic heterocycles. The molecule has 1 amide bonds. The Labute approximate surface area is 149 Å². The van der Waals surface area contributed by atoms with Crippen LogP contribution in [-0.2, 0) is 0 Å². The lowest BCUT2D eigenvalue weighted by atomic mass is 9.93. The molecule has 3 aromatic rings. The number of aryl methyl sites for hydroxylation is 1. The molecule has 1 aliphatic rings. The van der Waals surface area contributed by atoms with Crippen LogP contribution in [-0.4, -0.2) is 27.1 Å². The fourth-order valence-electron chi connectivity index (χ4n) is 3.03. The highest BCUT2D eigenvalue weighted by Gasteiger charge is 2.24. The molecular weight excluding hydrogens is 333 g/mol. The summed E-state index contributed by atoms with van der Waals surface area (Å²) in [4.78, 5) is 16.6. The van der Waals surface area contributed by atoms with Gasteiger partial charge in [-0.1, -0.05) is 6.07 Å². The number of hydrogen-bond donors (Lipinski definition) is 2. The summed E-state index contributed by atoms with van der Waals surface area (Å²) < 4.78 is 14.5. The Hall–Kier alpha value is -3.09. The van der Waals surface area contributed by atoms with Gasteiger partial charge >= 0.3 is 0 Å². The summed E-state index contributed by atoms with van der Waals surface area (Å²) in [6.07, 6.45) is 4.62. The number of nitrogens with zero attached hydrogens (tertiary/aromatic N) is 3. The summed E-state index contributed by atoms with van der Waals surface area (Å²) in [6.45, 7) is 1.86. The molecule has 132 valence electrons. The first-order valence-corrected chi connectivity index (χ1v) is 8.53. The molecule has 1 aliphatic carbocycles. The van der Waals surface area contributed by atoms with Gasteiger partial charge < -0.3 is 11.1 Å². The van der Waals surface area contributed by atoms with Crippen molar-refractivity contribution in [2.45, 2.75) is 32.2 Å². The monoisotopic (exact) mass is 351 g/mol. The number of halogens is 1. The molecule has 1 aromatic carbocycles. The average molecular weight is 351 g/mol. The standard InChI is InChI=1S/C19H18FN5O/c1-10-5-6-11(9-22-10)15-14(20)8-7-13-16(21)18(25-24-17(13)15)19(26)23-12-3-2-4-12/h5-9,12H,2-4H2,1H3,(H2,21,24)(H,23,26). The predicted molar refractivity (Wildman–Crippen MR) is 97.0 cm³/mol. The highest BCUT2D eigenvalue weighted by molar-refractivity contribution is 6.07. The lowest BCUT2D eigenvalue weighted by Gasteiger charge is -2.26. The largest absolute Gasteiger partial charge is 0.396 e. The van der Waals surface area contributed by atoms with Gasteiger partial charge in [-0.15, -0.1) is 10.2 Å². The maximum atomic E-state index is 14.5. The number of benzene rings is 1. The van der Waals surface area contributed by atoms with Crippen LogP contribution in [0.4, 0.5) is 10.1 Å². The molecule has 0 bridgehead atoms. The highest BCUT2D eigenvalue weighted by atomic mass is 19.1. The van der Waals surface area contributed by atoms with Crippen LogP contribution in [0.5, 0.6) is 0 Å². The Kier molecular flexibility index (Phi) is 3.99. The smallest absolute Gasteiger partial charge is 0.274 e. The molecule has 2 aromatic heterocycles. The zero-order valence-corrected chi connectivity index (χ0v) is 14.3. The summed E-state index contributed by atoms with van der Waals surface area (Å²) in [7, 11) is 0. The van der Waals surface area contributed by atoms with Crippen molar-refractivity contribution in [1.82, 2.24) is 20.5 Å². The third kappa shape index (κ3) is 2.75. The first kappa shape index (κ1) is 16.4. The fourth-order valence-corrected chi connectivity index (χ4v) is 3.03. The average Bonchev–Trinajstić information content (AvgIpc) is 2.59. The quantitative estimate of drug-likeness (QED) is 0.756. The van der Waals surface area contributed by atoms with Gasteiger partial charge in [-0.3, -0.25) is 9.78 Å². The van der Waals surface area contributed by atoms with E-state index in [1.807, 2.05) is 6.92 Å². The van der Waals surface area contributed by atoms with E-state index in [1.165, 1.54) is 12.1 Å². The molecule has 2 heterocycles. The second-order valence-electron chi connectivity index (χ2n) is 6.57. The van der Waals surface area contributed by atoms with Crippen LogP contribution in [0, 0.1) is 12.7 Å². The molecular formula is C19H18FN5O. The van der Waals surface area contributed by atoms with E-state index >= 15 is 0 Å². The van der Waals surface area contributed by atoms with Gasteiger partial charge in [0.2, 0.25) is 0 Å². The van der Waals surface area contributed by atoms with Gasteiger partial charge in [0.25, 0.3) is 5.91 Å². The maximum absolute atomic E-state index is 14.5. The van der Waals surface area contributed by atoms with Crippen LogP contribution in [0.15, 0.2) is 30.5 Å². The van der Waals surface area contributed by atoms with Crippen LogP contribution in [0.3, 0.4) is 0 Å². The van der Waals surface area contributed by atoms with Crippen LogP contribution in [0.1, 0.15) is 35.4 Å². The van der Waals surface area contributed by atoms with Gasteiger partial charge in [0.15, 0.2) is 5.69 Å². The number of nitrogens with two attached hydrogens (primary N) is 1. The predicted octanol–water partition coefficient (Wildman–Crippen LogP) is 3.00. The number of carbonyl (C=O) groups excluding carboxylic acids is 1. The summed E-state index contributed by atoms with van der Waals surface area (Å²) in [5.74, 6) is -0.784. The summed E-state index contributed by atoms with van der Waals surface area (Å²) in [5, 5.41) is 11.5. The van der Waals surface area contributed by atoms with E-state index in [1.54, 1.807) is 18.3 Å². The van der Waals surface area contributed by atoms with E-state index < -0.39 is 5.82 Å². The number of aromatic nitrogens is 3. The van der Waals surface area contributed by atoms with Crippen molar-refractivity contribution in [2.24, 2.45) is 0 Å². The van der Waals surface area contributed by atoms with Crippen molar-refractivity contribution in [3.63, 3.8) is 0 Å². The Bertz CT molecular complexity index is 999. The maximum Gasteiger partial charge on any atom is 0.274 e. The van der Waals surface area contributed by atoms with Crippen molar-refractivity contribution >= 4 is 22.5 Å². The highest BCUT2D eigenvalue weighted by Crippen LogP contribution is 2.33. The Morgan fingerprint density at radius 1 is 1.23 bits per heavy atom. The van der Waals surface area contributed by atoms with Crippen molar-refractivity contribution in [3.8, 4) is 11.1 Å². The minimum atomic E-state index is -0.441. The normalized spacial score (nSPS) is 14.2. The molecule has 3 N–H and O–H groups in total. The summed E-state index contributed by atoms with van der Waals surface area (Å²) in [6, 6.07) is 6.59. The third-order valence-electron chi connectivity index (χ3n) is 4.78. The lowest BCUT2D eigenvalue weighted by Crippen LogP contribution is -2.40. The molecule has 0 unspecified atom stereocenters. The number of nitrogen functional groups attached to an aromatic ring is 1. The molecule has 4 rings (SSSR count). The van der Waals surface area contributed by atoms with E-state index in [4.69, 9.17) is 5.73 Å². The van der Waals surface area contributed by atoms with Gasteiger partial charge in [-0.2, -0.15) is 0 Å². The van der Waals surface area contributed by atoms with Gasteiger partial charge in [-0.25, -0.2) is 4.39 Å². The van der Waals surface area contributed by atoms with Crippen molar-refractivity contribution in [1.29, 1.82) is 0 Å². The zero-order valence-electron chi connectivity index (χ0n) is 14.3. The molecule has 0 spiro atoms. The fraction of sp³-hybridized carbons (Fsp3) is 0.263. The Balaban J connectivity index is 1.82. The number of anilines is 1. The van der Waals surface area contributed by atoms with E-state index in [0.29, 0.717) is 16.5 Å². The van der Waals surface area contributed by atoms with Crippen LogP contribution >= 0.6 is 0 Å². The summed E-state index contributed by atoms with van der Waals surface area (Å²) >= 11 is 0. The first-order chi connectivity index (χ1) is 12.5. The topological polar surface area (TPSA) is 93.8 Å². The summed E-state index contributed by atoms with van der Waals surface area (Å²) in [5.41, 5.74) is 8.45. The number of carbonyl (C=O) groups is 1. The van der Waals surface area contributed by atoms with E-state index in [-0.39, 0.29) is 28.9 Å². The number of hydrogen-bond acceptors (Lipinski definition) is 5. The second-order valence-corrected chi connectivity index (χ2v) is 6.57. The molecule has 1 saturated carbocycles. The molecule has 0 saturated heterocycles. The lowest BCUT2D eigenvalue weighted by molar-refractivity contribution is 0.0912. The molecule has 0 radical (unpaired) electrons. The minimum absolute atomic E-state index is 0.0731. The van der Waals surface area contributed by atoms with Crippen LogP contribution in [0.25, 0.3) is 22.0 Å². The molecule has 1 fully saturated rings. The number of nitrogens with one attached hydrogen (secondary N) is 1. The number of fused-ring (bicyclic) bond motifs is 1. The molecule has 6 nitrogen and oxygen atoms in total. The van der Waals surface area contributed by atoms with Gasteiger partial charge in [-0.05, 0) is 44.4 Å². The molecule has 7 heteroatoms. The third-order valence-corrected chi connectivity index (χ3v) is 4.78. The van der Waals surface area contributed by atoms with Gasteiger partial charge in [0.05, 0.1) is 5.69 Å².